The predicted molar refractivity (Wildman–Crippen MR) is 74.3 cm³/mol. The number of hydrogen-bond acceptors (Lipinski definition) is 1. The summed E-state index contributed by atoms with van der Waals surface area (Å²) in [6.07, 6.45) is 0.117. The predicted octanol–water partition coefficient (Wildman–Crippen LogP) is 2.07. The Morgan fingerprint density at radius 3 is 2.16 bits per heavy atom. The number of aliphatic carboxylic acids is 1. The molecular weight excluding hydrogens is 382 g/mol. The van der Waals surface area contributed by atoms with Gasteiger partial charge in [-0.15, -0.1) is 13.1 Å². The molecule has 19 heavy (non-hydrogen) atoms. The van der Waals surface area contributed by atoms with Gasteiger partial charge < -0.3 is 21.4 Å². The number of carboxylic acids is 1. The third-order valence-electron chi connectivity index (χ3n) is 1.90. The molecule has 0 aliphatic rings. The molecule has 114 valence electrons. The van der Waals surface area contributed by atoms with Crippen molar-refractivity contribution in [1.29, 1.82) is 0 Å². The molecule has 0 aliphatic carbocycles. The minimum absolute atomic E-state index is 0. The molecule has 5 nitrogen and oxygen atoms in total. The van der Waals surface area contributed by atoms with Crippen LogP contribution < -0.4 is 0 Å². The maximum atomic E-state index is 10.2. The fourth-order valence-corrected chi connectivity index (χ4v) is 1.08. The molecule has 1 rings (SSSR count). The molecule has 0 saturated heterocycles. The Kier molecular flexibility index (Phi) is 19.9. The zero-order valence-electron chi connectivity index (χ0n) is 10.3. The van der Waals surface area contributed by atoms with Crippen molar-refractivity contribution >= 4 is 25.4 Å². The summed E-state index contributed by atoms with van der Waals surface area (Å²) >= 11 is -0.346. The van der Waals surface area contributed by atoms with Gasteiger partial charge in [-0.3, -0.25) is 4.79 Å². The molecule has 0 atom stereocenters. The molecule has 1 aromatic carbocycles. The van der Waals surface area contributed by atoms with E-state index in [-0.39, 0.29) is 32.5 Å². The second-order valence-corrected chi connectivity index (χ2v) is 5.92. The van der Waals surface area contributed by atoms with Crippen molar-refractivity contribution in [1.82, 2.24) is 0 Å². The van der Waals surface area contributed by atoms with Gasteiger partial charge in [0.05, 0.1) is 0 Å². The van der Waals surface area contributed by atoms with Gasteiger partial charge in [-0.2, -0.15) is 0 Å². The van der Waals surface area contributed by atoms with Crippen LogP contribution in [0.25, 0.3) is 5.32 Å². The zero-order chi connectivity index (χ0) is 13.1. The van der Waals surface area contributed by atoms with Crippen LogP contribution in [0.2, 0.25) is 0 Å². The molecule has 0 radical (unpaired) electrons. The summed E-state index contributed by atoms with van der Waals surface area (Å²) in [7, 11) is 9.71. The Morgan fingerprint density at radius 2 is 1.74 bits per heavy atom. The SMILES string of the molecule is Cc1ccc(C[N-]CCC(=O)O)cc1.O.O.[Cl][Ru][Cl]. The zero-order valence-corrected chi connectivity index (χ0v) is 13.6. The number of rotatable bonds is 5. The van der Waals surface area contributed by atoms with E-state index in [1.165, 1.54) is 5.56 Å². The van der Waals surface area contributed by atoms with Crippen LogP contribution >= 0.6 is 19.4 Å². The number of aryl methyl sites for hydroxylation is 1. The summed E-state index contributed by atoms with van der Waals surface area (Å²) in [5.41, 5.74) is 2.35. The van der Waals surface area contributed by atoms with E-state index < -0.39 is 5.97 Å². The molecule has 0 fully saturated rings. The van der Waals surface area contributed by atoms with E-state index in [0.717, 1.165) is 5.56 Å². The Morgan fingerprint density at radius 1 is 1.26 bits per heavy atom. The van der Waals surface area contributed by atoms with Crippen molar-refractivity contribution in [3.63, 3.8) is 0 Å². The third kappa shape index (κ3) is 15.7. The van der Waals surface area contributed by atoms with Crippen LogP contribution in [0.5, 0.6) is 0 Å². The number of hydrogen-bond donors (Lipinski definition) is 1. The molecule has 0 heterocycles. The van der Waals surface area contributed by atoms with E-state index >= 15 is 0 Å². The molecule has 0 saturated carbocycles. The van der Waals surface area contributed by atoms with Crippen molar-refractivity contribution < 1.29 is 36.0 Å². The van der Waals surface area contributed by atoms with Crippen LogP contribution in [-0.2, 0) is 26.5 Å². The molecule has 0 bridgehead atoms. The van der Waals surface area contributed by atoms with Gasteiger partial charge in [0.1, 0.15) is 0 Å². The Labute approximate surface area is 128 Å². The standard InChI is InChI=1S/C11H14NO2.2ClH.2H2O.Ru/c1-9-2-4-10(5-3-9)8-12-7-6-11(13)14;;;;;/h2-5H,6-8H2,1H3,(H,13,14);2*1H;2*1H2;/q-1;;;;;+2/p-2. The number of benzene rings is 1. The van der Waals surface area contributed by atoms with E-state index in [0.29, 0.717) is 13.1 Å². The van der Waals surface area contributed by atoms with Gasteiger partial charge >= 0.3 is 40.5 Å². The van der Waals surface area contributed by atoms with Gasteiger partial charge in [-0.25, -0.2) is 0 Å². The summed E-state index contributed by atoms with van der Waals surface area (Å²) in [5, 5.41) is 12.5. The Bertz CT molecular complexity index is 325. The molecular formula is C11H18Cl2NO4Ru-. The van der Waals surface area contributed by atoms with Crippen LogP contribution in [0.15, 0.2) is 24.3 Å². The number of carbonyl (C=O) groups is 1. The van der Waals surface area contributed by atoms with Gasteiger partial charge in [-0.05, 0) is 6.92 Å². The quantitative estimate of drug-likeness (QED) is 0.602. The molecule has 0 amide bonds. The van der Waals surface area contributed by atoms with Gasteiger partial charge in [0, 0.05) is 6.42 Å². The van der Waals surface area contributed by atoms with Crippen molar-refractivity contribution in [3.05, 3.63) is 40.7 Å². The van der Waals surface area contributed by atoms with E-state index in [9.17, 15) is 4.79 Å². The minimum atomic E-state index is -0.794. The van der Waals surface area contributed by atoms with Crippen LogP contribution in [0.1, 0.15) is 17.5 Å². The Hall–Kier alpha value is -0.227. The monoisotopic (exact) mass is 400 g/mol. The second kappa shape index (κ2) is 15.8. The van der Waals surface area contributed by atoms with E-state index in [2.05, 4.69) is 5.32 Å². The summed E-state index contributed by atoms with van der Waals surface area (Å²) in [5.74, 6) is -0.794. The fraction of sp³-hybridized carbons (Fsp3) is 0.364. The topological polar surface area (TPSA) is 114 Å². The summed E-state index contributed by atoms with van der Waals surface area (Å²) < 4.78 is 0. The summed E-state index contributed by atoms with van der Waals surface area (Å²) in [6.45, 7) is 3.03. The second-order valence-electron chi connectivity index (χ2n) is 3.29. The van der Waals surface area contributed by atoms with E-state index in [1.807, 2.05) is 31.2 Å². The number of carboxylic acid groups (broad SMARTS) is 1. The molecule has 0 aromatic heterocycles. The van der Waals surface area contributed by atoms with Crippen LogP contribution in [0, 0.1) is 6.92 Å². The van der Waals surface area contributed by atoms with Gasteiger partial charge in [0.25, 0.3) is 0 Å². The van der Waals surface area contributed by atoms with Gasteiger partial charge in [-0.1, -0.05) is 35.4 Å². The number of halogens is 2. The van der Waals surface area contributed by atoms with Gasteiger partial charge in [0.15, 0.2) is 0 Å². The molecule has 0 spiro atoms. The van der Waals surface area contributed by atoms with Crippen molar-refractivity contribution in [2.75, 3.05) is 6.54 Å². The average molecular weight is 400 g/mol. The number of nitrogens with zero attached hydrogens (tertiary/aromatic N) is 1. The molecule has 8 heteroatoms. The molecule has 0 aliphatic heterocycles. The van der Waals surface area contributed by atoms with Crippen LogP contribution in [0.4, 0.5) is 0 Å². The van der Waals surface area contributed by atoms with Crippen molar-refractivity contribution in [3.8, 4) is 0 Å². The summed E-state index contributed by atoms with van der Waals surface area (Å²) in [4.78, 5) is 10.2. The third-order valence-corrected chi connectivity index (χ3v) is 1.90. The molecule has 1 aromatic rings. The molecule has 5 N–H and O–H groups in total. The van der Waals surface area contributed by atoms with E-state index in [1.54, 1.807) is 0 Å². The normalized spacial score (nSPS) is 8.58. The molecule has 0 unspecified atom stereocenters. The van der Waals surface area contributed by atoms with Crippen molar-refractivity contribution in [2.24, 2.45) is 0 Å². The van der Waals surface area contributed by atoms with Crippen LogP contribution in [-0.4, -0.2) is 28.6 Å². The summed E-state index contributed by atoms with van der Waals surface area (Å²) in [6, 6.07) is 8.09. The first-order valence-electron chi connectivity index (χ1n) is 4.86. The van der Waals surface area contributed by atoms with Crippen molar-refractivity contribution in [2.45, 2.75) is 19.9 Å². The maximum absolute atomic E-state index is 10.2. The first-order chi connectivity index (χ1) is 8.10. The van der Waals surface area contributed by atoms with E-state index in [4.69, 9.17) is 24.5 Å². The fourth-order valence-electron chi connectivity index (χ4n) is 1.08. The average Bonchev–Trinajstić information content (AvgIpc) is 2.28. The first-order valence-corrected chi connectivity index (χ1v) is 9.33. The van der Waals surface area contributed by atoms with Gasteiger partial charge in [0.2, 0.25) is 0 Å². The van der Waals surface area contributed by atoms with Crippen LogP contribution in [0.3, 0.4) is 0 Å². The Balaban J connectivity index is -0.000000468. The first kappa shape index (κ1) is 23.8.